The van der Waals surface area contributed by atoms with Gasteiger partial charge >= 0.3 is 0 Å². The van der Waals surface area contributed by atoms with Gasteiger partial charge in [-0.1, -0.05) is 13.0 Å². The maximum Gasteiger partial charge on any atom is 0.264 e. The summed E-state index contributed by atoms with van der Waals surface area (Å²) in [6, 6.07) is 6.75. The summed E-state index contributed by atoms with van der Waals surface area (Å²) >= 11 is 0. The first-order chi connectivity index (χ1) is 10.1. The molecule has 1 aromatic carbocycles. The number of nitrogens with one attached hydrogen (secondary N) is 2. The largest absolute Gasteiger partial charge is 0.316 e. The minimum Gasteiger partial charge on any atom is -0.316 e. The average Bonchev–Trinajstić information content (AvgIpc) is 2.48. The molecular weight excluding hydrogens is 288 g/mol. The van der Waals surface area contributed by atoms with Gasteiger partial charge in [0.15, 0.2) is 0 Å². The Labute approximate surface area is 124 Å². The van der Waals surface area contributed by atoms with Crippen molar-refractivity contribution in [1.29, 1.82) is 0 Å². The summed E-state index contributed by atoms with van der Waals surface area (Å²) in [5.74, 6) is 0.0623. The lowest BCUT2D eigenvalue weighted by Crippen LogP contribution is -2.16. The predicted octanol–water partition coefficient (Wildman–Crippen LogP) is 1.56. The van der Waals surface area contributed by atoms with E-state index in [4.69, 9.17) is 0 Å². The third-order valence-electron chi connectivity index (χ3n) is 3.03. The summed E-state index contributed by atoms with van der Waals surface area (Å²) in [5.41, 5.74) is 2.09. The second-order valence-electron chi connectivity index (χ2n) is 4.49. The number of aromatic nitrogens is 2. The van der Waals surface area contributed by atoms with E-state index in [0.29, 0.717) is 6.54 Å². The molecule has 0 saturated carbocycles. The third kappa shape index (κ3) is 3.77. The summed E-state index contributed by atoms with van der Waals surface area (Å²) in [4.78, 5) is 7.94. The van der Waals surface area contributed by atoms with Crippen LogP contribution in [0.5, 0.6) is 0 Å². The molecule has 0 atom stereocenters. The molecule has 2 rings (SSSR count). The van der Waals surface area contributed by atoms with Crippen LogP contribution in [0.3, 0.4) is 0 Å². The Morgan fingerprint density at radius 3 is 2.48 bits per heavy atom. The van der Waals surface area contributed by atoms with Gasteiger partial charge in [-0.05, 0) is 42.8 Å². The average molecular weight is 306 g/mol. The number of rotatable bonds is 6. The van der Waals surface area contributed by atoms with Gasteiger partial charge in [0.25, 0.3) is 10.0 Å². The van der Waals surface area contributed by atoms with Gasteiger partial charge in [0.2, 0.25) is 5.95 Å². The second kappa shape index (κ2) is 6.64. The van der Waals surface area contributed by atoms with E-state index in [1.807, 2.05) is 20.0 Å². The maximum atomic E-state index is 12.3. The van der Waals surface area contributed by atoms with Crippen molar-refractivity contribution in [3.05, 3.63) is 47.8 Å². The molecule has 1 heterocycles. The summed E-state index contributed by atoms with van der Waals surface area (Å²) in [6.45, 7) is 2.66. The van der Waals surface area contributed by atoms with Crippen LogP contribution in [0.25, 0.3) is 0 Å². The number of hydrogen-bond donors (Lipinski definition) is 2. The molecule has 0 aliphatic carbocycles. The van der Waals surface area contributed by atoms with Crippen molar-refractivity contribution >= 4 is 16.0 Å². The number of nitrogens with zero attached hydrogens (tertiary/aromatic N) is 2. The molecule has 7 heteroatoms. The van der Waals surface area contributed by atoms with Crippen LogP contribution < -0.4 is 10.0 Å². The molecule has 2 aromatic rings. The molecule has 0 amide bonds. The van der Waals surface area contributed by atoms with E-state index in [1.165, 1.54) is 12.4 Å². The first-order valence-electron chi connectivity index (χ1n) is 6.63. The smallest absolute Gasteiger partial charge is 0.264 e. The predicted molar refractivity (Wildman–Crippen MR) is 81.4 cm³/mol. The molecule has 0 bridgehead atoms. The number of aryl methyl sites for hydroxylation is 1. The van der Waals surface area contributed by atoms with Crippen molar-refractivity contribution < 1.29 is 8.42 Å². The molecule has 6 nitrogen and oxygen atoms in total. The molecule has 0 aliphatic heterocycles. The molecule has 0 radical (unpaired) electrons. The van der Waals surface area contributed by atoms with Crippen LogP contribution in [-0.2, 0) is 23.0 Å². The first-order valence-corrected chi connectivity index (χ1v) is 8.11. The fraction of sp³-hybridized carbons (Fsp3) is 0.286. The van der Waals surface area contributed by atoms with Gasteiger partial charge in [-0.15, -0.1) is 0 Å². The molecule has 0 saturated heterocycles. The van der Waals surface area contributed by atoms with Crippen molar-refractivity contribution in [1.82, 2.24) is 15.3 Å². The van der Waals surface area contributed by atoms with Gasteiger partial charge in [0, 0.05) is 18.9 Å². The zero-order valence-corrected chi connectivity index (χ0v) is 12.8. The van der Waals surface area contributed by atoms with Gasteiger partial charge < -0.3 is 5.32 Å². The van der Waals surface area contributed by atoms with Crippen LogP contribution in [0, 0.1) is 0 Å². The molecule has 0 spiro atoms. The molecule has 2 N–H and O–H groups in total. The summed E-state index contributed by atoms with van der Waals surface area (Å²) in [6.07, 6.45) is 3.82. The molecule has 21 heavy (non-hydrogen) atoms. The van der Waals surface area contributed by atoms with Crippen LogP contribution in [0.15, 0.2) is 41.6 Å². The fourth-order valence-corrected chi connectivity index (χ4v) is 3.01. The van der Waals surface area contributed by atoms with E-state index in [0.717, 1.165) is 17.5 Å². The highest BCUT2D eigenvalue weighted by Crippen LogP contribution is 2.18. The van der Waals surface area contributed by atoms with Crippen molar-refractivity contribution in [2.45, 2.75) is 24.8 Å². The summed E-state index contributed by atoms with van der Waals surface area (Å²) in [7, 11) is -1.85. The number of hydrogen-bond acceptors (Lipinski definition) is 5. The molecular formula is C14H18N4O2S. The molecule has 0 unspecified atom stereocenters. The Morgan fingerprint density at radius 1 is 1.14 bits per heavy atom. The lowest BCUT2D eigenvalue weighted by molar-refractivity contribution is 0.600. The zero-order chi connectivity index (χ0) is 15.3. The van der Waals surface area contributed by atoms with Gasteiger partial charge in [-0.3, -0.25) is 0 Å². The minimum atomic E-state index is -3.68. The third-order valence-corrected chi connectivity index (χ3v) is 4.35. The lowest BCUT2D eigenvalue weighted by atomic mass is 10.1. The lowest BCUT2D eigenvalue weighted by Gasteiger charge is -2.11. The molecule has 0 aliphatic rings. The molecule has 0 fully saturated rings. The monoisotopic (exact) mass is 306 g/mol. The highest BCUT2D eigenvalue weighted by atomic mass is 32.2. The highest BCUT2D eigenvalue weighted by molar-refractivity contribution is 7.92. The van der Waals surface area contributed by atoms with Gasteiger partial charge in [-0.2, -0.15) is 0 Å². The topological polar surface area (TPSA) is 84.0 Å². The van der Waals surface area contributed by atoms with Gasteiger partial charge in [-0.25, -0.2) is 23.1 Å². The summed E-state index contributed by atoms with van der Waals surface area (Å²) < 4.78 is 27.1. The van der Waals surface area contributed by atoms with Crippen LogP contribution in [0.1, 0.15) is 18.1 Å². The Balaban J connectivity index is 2.34. The second-order valence-corrected chi connectivity index (χ2v) is 6.17. The summed E-state index contributed by atoms with van der Waals surface area (Å²) in [5, 5.41) is 3.05. The van der Waals surface area contributed by atoms with E-state index >= 15 is 0 Å². The number of anilines is 1. The van der Waals surface area contributed by atoms with Crippen molar-refractivity contribution in [2.75, 3.05) is 11.8 Å². The minimum absolute atomic E-state index is 0.0623. The number of benzene rings is 1. The normalized spacial score (nSPS) is 11.3. The van der Waals surface area contributed by atoms with E-state index < -0.39 is 10.0 Å². The van der Waals surface area contributed by atoms with Crippen molar-refractivity contribution in [3.63, 3.8) is 0 Å². The van der Waals surface area contributed by atoms with E-state index in [-0.39, 0.29) is 10.8 Å². The van der Waals surface area contributed by atoms with E-state index in [2.05, 4.69) is 20.0 Å². The Bertz CT molecular complexity index is 702. The fourth-order valence-electron chi connectivity index (χ4n) is 2.00. The zero-order valence-electron chi connectivity index (χ0n) is 12.0. The Morgan fingerprint density at radius 2 is 1.86 bits per heavy atom. The standard InChI is InChI=1S/C14H18N4O2S/c1-3-11-5-6-13(9-12(11)10-15-2)21(19,20)18-14-16-7-4-8-17-14/h4-9,15H,3,10H2,1-2H3,(H,16,17,18). The van der Waals surface area contributed by atoms with Crippen LogP contribution in [-0.4, -0.2) is 25.4 Å². The highest BCUT2D eigenvalue weighted by Gasteiger charge is 2.17. The quantitative estimate of drug-likeness (QED) is 0.846. The molecule has 1 aromatic heterocycles. The van der Waals surface area contributed by atoms with Gasteiger partial charge in [0.1, 0.15) is 0 Å². The maximum absolute atomic E-state index is 12.3. The van der Waals surface area contributed by atoms with Crippen LogP contribution >= 0.6 is 0 Å². The first kappa shape index (κ1) is 15.4. The SMILES string of the molecule is CCc1ccc(S(=O)(=O)Nc2ncccn2)cc1CNC. The van der Waals surface area contributed by atoms with Crippen molar-refractivity contribution in [3.8, 4) is 0 Å². The van der Waals surface area contributed by atoms with Crippen LogP contribution in [0.2, 0.25) is 0 Å². The Hall–Kier alpha value is -1.99. The van der Waals surface area contributed by atoms with Gasteiger partial charge in [0.05, 0.1) is 4.90 Å². The van der Waals surface area contributed by atoms with Crippen LogP contribution in [0.4, 0.5) is 5.95 Å². The van der Waals surface area contributed by atoms with Crippen molar-refractivity contribution in [2.24, 2.45) is 0 Å². The van der Waals surface area contributed by atoms with E-state index in [1.54, 1.807) is 18.2 Å². The number of sulfonamides is 1. The molecule has 112 valence electrons. The Kier molecular flexibility index (Phi) is 4.87. The van der Waals surface area contributed by atoms with E-state index in [9.17, 15) is 8.42 Å².